The second-order valence-corrected chi connectivity index (χ2v) is 9.57. The van der Waals surface area contributed by atoms with E-state index in [2.05, 4.69) is 30.3 Å². The first-order valence-corrected chi connectivity index (χ1v) is 11.4. The molecule has 2 aromatic carbocycles. The highest BCUT2D eigenvalue weighted by atomic mass is 16.6. The van der Waals surface area contributed by atoms with Gasteiger partial charge in [0.25, 0.3) is 0 Å². The average molecular weight is 454 g/mol. The second kappa shape index (κ2) is 10.8. The summed E-state index contributed by atoms with van der Waals surface area (Å²) in [6.45, 7) is 6.81. The maximum absolute atomic E-state index is 12.9. The number of nitrogens with zero attached hydrogens (tertiary/aromatic N) is 1. The highest BCUT2D eigenvalue weighted by Crippen LogP contribution is 2.41. The minimum atomic E-state index is -0.610. The number of carbonyl (C=O) groups excluding carboxylic acids is 2. The normalized spacial score (nSPS) is 20.9. The van der Waals surface area contributed by atoms with Crippen molar-refractivity contribution in [2.45, 2.75) is 38.7 Å². The van der Waals surface area contributed by atoms with E-state index in [0.29, 0.717) is 19.6 Å². The van der Waals surface area contributed by atoms with Gasteiger partial charge in [-0.05, 0) is 49.8 Å². The lowest BCUT2D eigenvalue weighted by molar-refractivity contribution is -0.149. The Labute approximate surface area is 196 Å². The van der Waals surface area contributed by atoms with Crippen LogP contribution in [0.2, 0.25) is 0 Å². The predicted molar refractivity (Wildman–Crippen MR) is 128 cm³/mol. The van der Waals surface area contributed by atoms with Gasteiger partial charge in [0.15, 0.2) is 0 Å². The fourth-order valence-corrected chi connectivity index (χ4v) is 4.60. The lowest BCUT2D eigenvalue weighted by Crippen LogP contribution is -2.51. The van der Waals surface area contributed by atoms with E-state index in [1.54, 1.807) is 12.0 Å². The molecule has 3 unspecified atom stereocenters. The van der Waals surface area contributed by atoms with Crippen LogP contribution in [0.3, 0.4) is 0 Å². The molecule has 33 heavy (non-hydrogen) atoms. The number of likely N-dealkylation sites (tertiary alicyclic amines) is 1. The van der Waals surface area contributed by atoms with Gasteiger partial charge in [-0.2, -0.15) is 0 Å². The molecule has 1 saturated heterocycles. The van der Waals surface area contributed by atoms with Gasteiger partial charge >= 0.3 is 12.1 Å². The second-order valence-electron chi connectivity index (χ2n) is 9.57. The van der Waals surface area contributed by atoms with Gasteiger partial charge in [-0.1, -0.05) is 54.6 Å². The van der Waals surface area contributed by atoms with Crippen LogP contribution in [0.4, 0.5) is 4.79 Å². The van der Waals surface area contributed by atoms with Gasteiger partial charge in [-0.15, -0.1) is 0 Å². The topological polar surface area (TPSA) is 65.1 Å². The van der Waals surface area contributed by atoms with Gasteiger partial charge in [-0.25, -0.2) is 4.79 Å². The number of ether oxygens (including phenoxy) is 3. The van der Waals surface area contributed by atoms with Crippen molar-refractivity contribution in [3.63, 3.8) is 0 Å². The first kappa shape index (κ1) is 24.8. The lowest BCUT2D eigenvalue weighted by atomic mass is 9.72. The molecule has 0 saturated carbocycles. The Bertz CT molecular complexity index is 937. The van der Waals surface area contributed by atoms with Crippen LogP contribution in [0.5, 0.6) is 0 Å². The van der Waals surface area contributed by atoms with Crippen LogP contribution >= 0.6 is 0 Å². The largest absolute Gasteiger partial charge is 0.469 e. The van der Waals surface area contributed by atoms with Crippen molar-refractivity contribution in [3.05, 3.63) is 60.2 Å². The molecule has 6 heteroatoms. The van der Waals surface area contributed by atoms with Crippen molar-refractivity contribution >= 4 is 12.1 Å². The van der Waals surface area contributed by atoms with Crippen LogP contribution in [0.25, 0.3) is 11.1 Å². The summed E-state index contributed by atoms with van der Waals surface area (Å²) in [7, 11) is 3.06. The molecule has 0 N–H and O–H groups in total. The molecular weight excluding hydrogens is 418 g/mol. The van der Waals surface area contributed by atoms with Crippen molar-refractivity contribution in [3.8, 4) is 11.1 Å². The Hall–Kier alpha value is -2.86. The van der Waals surface area contributed by atoms with Crippen LogP contribution in [0.1, 0.15) is 38.7 Å². The quantitative estimate of drug-likeness (QED) is 0.568. The maximum Gasteiger partial charge on any atom is 0.410 e. The molecule has 1 aliphatic heterocycles. The van der Waals surface area contributed by atoms with E-state index in [1.807, 2.05) is 45.0 Å². The van der Waals surface area contributed by atoms with Gasteiger partial charge in [0.1, 0.15) is 5.60 Å². The Morgan fingerprint density at radius 3 is 2.30 bits per heavy atom. The summed E-state index contributed by atoms with van der Waals surface area (Å²) in [6.07, 6.45) is 0.305. The molecule has 178 valence electrons. The number of carbonyl (C=O) groups is 2. The van der Waals surface area contributed by atoms with Crippen LogP contribution in [-0.2, 0) is 19.0 Å². The van der Waals surface area contributed by atoms with E-state index in [-0.39, 0.29) is 24.3 Å². The molecular formula is C27H35NO5. The number of piperidine rings is 1. The third-order valence-electron chi connectivity index (χ3n) is 6.04. The average Bonchev–Trinajstić information content (AvgIpc) is 2.81. The Morgan fingerprint density at radius 2 is 1.67 bits per heavy atom. The first-order valence-electron chi connectivity index (χ1n) is 11.4. The van der Waals surface area contributed by atoms with Gasteiger partial charge in [0.05, 0.1) is 13.0 Å². The third-order valence-corrected chi connectivity index (χ3v) is 6.04. The van der Waals surface area contributed by atoms with Gasteiger partial charge in [0.2, 0.25) is 0 Å². The van der Waals surface area contributed by atoms with Crippen LogP contribution in [0, 0.1) is 11.8 Å². The van der Waals surface area contributed by atoms with E-state index >= 15 is 0 Å². The van der Waals surface area contributed by atoms with Crippen molar-refractivity contribution < 1.29 is 23.8 Å². The Kier molecular flexibility index (Phi) is 8.14. The highest BCUT2D eigenvalue weighted by Gasteiger charge is 2.44. The van der Waals surface area contributed by atoms with Crippen LogP contribution < -0.4 is 0 Å². The molecule has 0 bridgehead atoms. The molecule has 1 aliphatic rings. The summed E-state index contributed by atoms with van der Waals surface area (Å²) in [6, 6.07) is 18.5. The van der Waals surface area contributed by atoms with E-state index in [1.165, 1.54) is 7.11 Å². The van der Waals surface area contributed by atoms with E-state index in [9.17, 15) is 9.59 Å². The van der Waals surface area contributed by atoms with E-state index < -0.39 is 17.6 Å². The number of amides is 1. The fraction of sp³-hybridized carbons (Fsp3) is 0.481. The summed E-state index contributed by atoms with van der Waals surface area (Å²) < 4.78 is 16.2. The van der Waals surface area contributed by atoms with Crippen LogP contribution in [0.15, 0.2) is 54.6 Å². The summed E-state index contributed by atoms with van der Waals surface area (Å²) in [5.41, 5.74) is 2.67. The van der Waals surface area contributed by atoms with Gasteiger partial charge in [0, 0.05) is 32.7 Å². The van der Waals surface area contributed by atoms with Crippen molar-refractivity contribution in [1.29, 1.82) is 0 Å². The minimum absolute atomic E-state index is 0.0151. The van der Waals surface area contributed by atoms with E-state index in [4.69, 9.17) is 14.2 Å². The molecule has 1 heterocycles. The summed E-state index contributed by atoms with van der Waals surface area (Å²) >= 11 is 0. The molecule has 6 nitrogen and oxygen atoms in total. The van der Waals surface area contributed by atoms with Crippen molar-refractivity contribution in [2.24, 2.45) is 11.8 Å². The number of esters is 1. The number of methoxy groups -OCH3 is 2. The maximum atomic E-state index is 12.9. The number of benzene rings is 2. The highest BCUT2D eigenvalue weighted by molar-refractivity contribution is 5.76. The SMILES string of the molecule is COCCC1CN(C(=O)OC(C)(C)C)CC(C(=O)OC)C1c1cccc(-c2ccccc2)c1. The number of hydrogen-bond acceptors (Lipinski definition) is 5. The molecule has 1 amide bonds. The molecule has 0 spiro atoms. The number of hydrogen-bond donors (Lipinski definition) is 0. The summed E-state index contributed by atoms with van der Waals surface area (Å²) in [4.78, 5) is 27.5. The zero-order valence-corrected chi connectivity index (χ0v) is 20.2. The van der Waals surface area contributed by atoms with Gasteiger partial charge in [-0.3, -0.25) is 4.79 Å². The van der Waals surface area contributed by atoms with Crippen LogP contribution in [-0.4, -0.2) is 56.5 Å². The number of rotatable bonds is 6. The third kappa shape index (κ3) is 6.35. The molecule has 3 atom stereocenters. The minimum Gasteiger partial charge on any atom is -0.469 e. The van der Waals surface area contributed by atoms with Crippen molar-refractivity contribution in [2.75, 3.05) is 33.9 Å². The molecule has 2 aromatic rings. The first-order chi connectivity index (χ1) is 15.7. The van der Waals surface area contributed by atoms with E-state index in [0.717, 1.165) is 16.7 Å². The monoisotopic (exact) mass is 453 g/mol. The smallest absolute Gasteiger partial charge is 0.410 e. The Morgan fingerprint density at radius 1 is 0.970 bits per heavy atom. The lowest BCUT2D eigenvalue weighted by Gasteiger charge is -2.43. The summed E-state index contributed by atoms with van der Waals surface area (Å²) in [5.74, 6) is -0.902. The summed E-state index contributed by atoms with van der Waals surface area (Å²) in [5, 5.41) is 0. The standard InChI is InChI=1S/C27H35NO5/c1-27(2,3)33-26(30)28-17-22(14-15-31-4)24(23(18-28)25(29)32-5)21-13-9-12-20(16-21)19-10-7-6-8-11-19/h6-13,16,22-24H,14-15,17-18H2,1-5H3. The molecule has 0 aromatic heterocycles. The zero-order valence-electron chi connectivity index (χ0n) is 20.2. The zero-order chi connectivity index (χ0) is 24.0. The van der Waals surface area contributed by atoms with Gasteiger partial charge < -0.3 is 19.1 Å². The molecule has 0 radical (unpaired) electrons. The van der Waals surface area contributed by atoms with Crippen molar-refractivity contribution in [1.82, 2.24) is 4.90 Å². The Balaban J connectivity index is 1.98. The predicted octanol–water partition coefficient (Wildman–Crippen LogP) is 5.13. The molecule has 0 aliphatic carbocycles. The fourth-order valence-electron chi connectivity index (χ4n) is 4.60. The molecule has 1 fully saturated rings. The molecule has 3 rings (SSSR count).